The number of nitrogens with zero attached hydrogens (tertiary/aromatic N) is 1. The van der Waals surface area contributed by atoms with E-state index < -0.39 is 0 Å². The van der Waals surface area contributed by atoms with Crippen molar-refractivity contribution in [2.75, 3.05) is 7.11 Å². The molecule has 1 heterocycles. The number of esters is 1. The number of nitrogens with one attached hydrogen (secondary N) is 1. The van der Waals surface area contributed by atoms with Gasteiger partial charge in [0.25, 0.3) is 0 Å². The van der Waals surface area contributed by atoms with Gasteiger partial charge in [0.1, 0.15) is 11.3 Å². The van der Waals surface area contributed by atoms with Crippen molar-refractivity contribution in [1.29, 1.82) is 0 Å². The SMILES string of the molecule is COC(=O)c1cccc2[nH]c(Cc3cccc(C)c3)nc12. The maximum absolute atomic E-state index is 11.8. The lowest BCUT2D eigenvalue weighted by atomic mass is 10.1. The van der Waals surface area contributed by atoms with Gasteiger partial charge in [0.2, 0.25) is 0 Å². The molecule has 1 aromatic heterocycles. The zero-order chi connectivity index (χ0) is 14.8. The highest BCUT2D eigenvalue weighted by Crippen LogP contribution is 2.19. The second kappa shape index (κ2) is 5.40. The van der Waals surface area contributed by atoms with E-state index in [1.807, 2.05) is 18.2 Å². The predicted octanol–water partition coefficient (Wildman–Crippen LogP) is 3.25. The van der Waals surface area contributed by atoms with Gasteiger partial charge in [0.05, 0.1) is 18.2 Å². The van der Waals surface area contributed by atoms with Gasteiger partial charge in [-0.15, -0.1) is 0 Å². The third kappa shape index (κ3) is 2.65. The van der Waals surface area contributed by atoms with Gasteiger partial charge in [-0.3, -0.25) is 0 Å². The van der Waals surface area contributed by atoms with Crippen LogP contribution in [0.25, 0.3) is 11.0 Å². The number of benzene rings is 2. The van der Waals surface area contributed by atoms with Crippen LogP contribution in [0, 0.1) is 6.92 Å². The number of aryl methyl sites for hydroxylation is 1. The summed E-state index contributed by atoms with van der Waals surface area (Å²) in [5, 5.41) is 0. The Labute approximate surface area is 122 Å². The van der Waals surface area contributed by atoms with E-state index in [9.17, 15) is 4.79 Å². The summed E-state index contributed by atoms with van der Waals surface area (Å²) >= 11 is 0. The van der Waals surface area contributed by atoms with E-state index in [0.717, 1.165) is 11.3 Å². The molecule has 0 radical (unpaired) electrons. The number of para-hydroxylation sites is 1. The van der Waals surface area contributed by atoms with Crippen molar-refractivity contribution >= 4 is 17.0 Å². The molecule has 4 nitrogen and oxygen atoms in total. The number of carbonyl (C=O) groups excluding carboxylic acids is 1. The number of fused-ring (bicyclic) bond motifs is 1. The molecule has 0 atom stereocenters. The van der Waals surface area contributed by atoms with Crippen molar-refractivity contribution in [1.82, 2.24) is 9.97 Å². The van der Waals surface area contributed by atoms with E-state index in [1.54, 1.807) is 6.07 Å². The second-order valence-electron chi connectivity index (χ2n) is 5.04. The van der Waals surface area contributed by atoms with Crippen molar-refractivity contribution in [3.63, 3.8) is 0 Å². The molecule has 0 aliphatic carbocycles. The number of imidazole rings is 1. The normalized spacial score (nSPS) is 10.8. The number of methoxy groups -OCH3 is 1. The molecule has 0 amide bonds. The third-order valence-electron chi connectivity index (χ3n) is 3.42. The van der Waals surface area contributed by atoms with Crippen molar-refractivity contribution in [2.45, 2.75) is 13.3 Å². The Morgan fingerprint density at radius 1 is 1.24 bits per heavy atom. The molecule has 3 aromatic rings. The van der Waals surface area contributed by atoms with Gasteiger partial charge in [0, 0.05) is 6.42 Å². The van der Waals surface area contributed by atoms with Gasteiger partial charge in [0.15, 0.2) is 0 Å². The highest BCUT2D eigenvalue weighted by Gasteiger charge is 2.13. The molecule has 106 valence electrons. The van der Waals surface area contributed by atoms with Crippen molar-refractivity contribution in [2.24, 2.45) is 0 Å². The zero-order valence-electron chi connectivity index (χ0n) is 12.0. The standard InChI is InChI=1S/C17H16N2O2/c1-11-5-3-6-12(9-11)10-15-18-14-8-4-7-13(16(14)19-15)17(20)21-2/h3-9H,10H2,1-2H3,(H,18,19). The Balaban J connectivity index is 1.99. The maximum Gasteiger partial charge on any atom is 0.340 e. The smallest absolute Gasteiger partial charge is 0.340 e. The second-order valence-corrected chi connectivity index (χ2v) is 5.04. The summed E-state index contributed by atoms with van der Waals surface area (Å²) in [5.41, 5.74) is 4.40. The van der Waals surface area contributed by atoms with Crippen molar-refractivity contribution in [3.8, 4) is 0 Å². The van der Waals surface area contributed by atoms with E-state index in [-0.39, 0.29) is 5.97 Å². The van der Waals surface area contributed by atoms with Crippen LogP contribution in [0.3, 0.4) is 0 Å². The van der Waals surface area contributed by atoms with Crippen molar-refractivity contribution < 1.29 is 9.53 Å². The quantitative estimate of drug-likeness (QED) is 0.749. The molecule has 1 N–H and O–H groups in total. The van der Waals surface area contributed by atoms with Crippen LogP contribution in [-0.4, -0.2) is 23.0 Å². The van der Waals surface area contributed by atoms with Crippen LogP contribution in [0.1, 0.15) is 27.3 Å². The molecule has 0 saturated heterocycles. The molecule has 0 unspecified atom stereocenters. The van der Waals surface area contributed by atoms with Crippen LogP contribution in [0.2, 0.25) is 0 Å². The van der Waals surface area contributed by atoms with E-state index >= 15 is 0 Å². The molecular weight excluding hydrogens is 264 g/mol. The Morgan fingerprint density at radius 2 is 2.05 bits per heavy atom. The monoisotopic (exact) mass is 280 g/mol. The molecule has 0 aliphatic heterocycles. The molecule has 0 spiro atoms. The minimum absolute atomic E-state index is 0.366. The van der Waals surface area contributed by atoms with Crippen LogP contribution in [0.5, 0.6) is 0 Å². The Bertz CT molecular complexity index is 805. The number of carbonyl (C=O) groups is 1. The number of ether oxygens (including phenoxy) is 1. The van der Waals surface area contributed by atoms with Crippen LogP contribution >= 0.6 is 0 Å². The summed E-state index contributed by atoms with van der Waals surface area (Å²) in [6, 6.07) is 13.8. The molecule has 0 saturated carbocycles. The first-order chi connectivity index (χ1) is 10.2. The topological polar surface area (TPSA) is 55.0 Å². The first-order valence-electron chi connectivity index (χ1n) is 6.79. The minimum Gasteiger partial charge on any atom is -0.465 e. The predicted molar refractivity (Wildman–Crippen MR) is 81.4 cm³/mol. The zero-order valence-corrected chi connectivity index (χ0v) is 12.0. The fourth-order valence-electron chi connectivity index (χ4n) is 2.46. The van der Waals surface area contributed by atoms with Gasteiger partial charge in [-0.05, 0) is 24.6 Å². The summed E-state index contributed by atoms with van der Waals surface area (Å²) in [4.78, 5) is 19.6. The van der Waals surface area contributed by atoms with E-state index in [0.29, 0.717) is 17.5 Å². The van der Waals surface area contributed by atoms with Gasteiger partial charge in [-0.1, -0.05) is 35.9 Å². The van der Waals surface area contributed by atoms with Crippen LogP contribution in [0.4, 0.5) is 0 Å². The highest BCUT2D eigenvalue weighted by molar-refractivity contribution is 6.01. The fraction of sp³-hybridized carbons (Fsp3) is 0.176. The molecule has 4 heteroatoms. The summed E-state index contributed by atoms with van der Waals surface area (Å²) in [6.45, 7) is 2.07. The van der Waals surface area contributed by atoms with Crippen LogP contribution < -0.4 is 0 Å². The Morgan fingerprint density at radius 3 is 2.81 bits per heavy atom. The lowest BCUT2D eigenvalue weighted by Crippen LogP contribution is -2.01. The molecular formula is C17H16N2O2. The number of aromatic amines is 1. The minimum atomic E-state index is -0.366. The average molecular weight is 280 g/mol. The van der Waals surface area contributed by atoms with E-state index in [4.69, 9.17) is 4.74 Å². The van der Waals surface area contributed by atoms with Gasteiger partial charge >= 0.3 is 5.97 Å². The maximum atomic E-state index is 11.8. The van der Waals surface area contributed by atoms with Crippen molar-refractivity contribution in [3.05, 3.63) is 65.0 Å². The summed E-state index contributed by atoms with van der Waals surface area (Å²) < 4.78 is 4.79. The van der Waals surface area contributed by atoms with Crippen LogP contribution in [-0.2, 0) is 11.2 Å². The number of hydrogen-bond donors (Lipinski definition) is 1. The number of rotatable bonds is 3. The van der Waals surface area contributed by atoms with Gasteiger partial charge in [-0.25, -0.2) is 9.78 Å². The Kier molecular flexibility index (Phi) is 3.44. The Hall–Kier alpha value is -2.62. The molecule has 2 aromatic carbocycles. The number of hydrogen-bond acceptors (Lipinski definition) is 3. The molecule has 0 aliphatic rings. The first-order valence-corrected chi connectivity index (χ1v) is 6.79. The largest absolute Gasteiger partial charge is 0.465 e. The van der Waals surface area contributed by atoms with E-state index in [2.05, 4.69) is 35.1 Å². The van der Waals surface area contributed by atoms with Crippen LogP contribution in [0.15, 0.2) is 42.5 Å². The van der Waals surface area contributed by atoms with E-state index in [1.165, 1.54) is 18.2 Å². The van der Waals surface area contributed by atoms with Gasteiger partial charge < -0.3 is 9.72 Å². The number of H-pyrrole nitrogens is 1. The lowest BCUT2D eigenvalue weighted by Gasteiger charge is -1.99. The molecule has 0 fully saturated rings. The van der Waals surface area contributed by atoms with Gasteiger partial charge in [-0.2, -0.15) is 0 Å². The first kappa shape index (κ1) is 13.4. The average Bonchev–Trinajstić information content (AvgIpc) is 2.88. The molecule has 0 bridgehead atoms. The third-order valence-corrected chi connectivity index (χ3v) is 3.42. The number of aromatic nitrogens is 2. The summed E-state index contributed by atoms with van der Waals surface area (Å²) in [6.07, 6.45) is 0.705. The molecule has 3 rings (SSSR count). The fourth-order valence-corrected chi connectivity index (χ4v) is 2.46. The summed E-state index contributed by atoms with van der Waals surface area (Å²) in [7, 11) is 1.38. The molecule has 21 heavy (non-hydrogen) atoms. The lowest BCUT2D eigenvalue weighted by molar-refractivity contribution is 0.0603. The highest BCUT2D eigenvalue weighted by atomic mass is 16.5. The summed E-state index contributed by atoms with van der Waals surface area (Å²) in [5.74, 6) is 0.473.